The van der Waals surface area contributed by atoms with E-state index in [0.29, 0.717) is 0 Å². The van der Waals surface area contributed by atoms with Crippen LogP contribution in [0.4, 0.5) is 0 Å². The average Bonchev–Trinajstić information content (AvgIpc) is 2.71. The van der Waals surface area contributed by atoms with Crippen LogP contribution in [0.5, 0.6) is 0 Å². The minimum atomic E-state index is -1.32. The maximum Gasteiger partial charge on any atom is 0.347 e. The van der Waals surface area contributed by atoms with Crippen LogP contribution in [0.3, 0.4) is 0 Å². The van der Waals surface area contributed by atoms with Crippen molar-refractivity contribution < 1.29 is 42.9 Å². The molecule has 0 fully saturated rings. The molecule has 1 aromatic carbocycles. The molecule has 0 amide bonds. The van der Waals surface area contributed by atoms with Crippen molar-refractivity contribution in [2.24, 2.45) is 0 Å². The quantitative estimate of drug-likeness (QED) is 0.390. The van der Waals surface area contributed by atoms with Crippen molar-refractivity contribution in [2.45, 2.75) is 85.1 Å². The molecule has 0 radical (unpaired) electrons. The van der Waals surface area contributed by atoms with Crippen LogP contribution in [0, 0.1) is 0 Å². The van der Waals surface area contributed by atoms with E-state index < -0.39 is 53.9 Å². The van der Waals surface area contributed by atoms with Gasteiger partial charge in [0.25, 0.3) is 0 Å². The summed E-state index contributed by atoms with van der Waals surface area (Å²) in [6, 6.07) is 9.26. The second-order valence-electron chi connectivity index (χ2n) is 8.21. The fourth-order valence-electron chi connectivity index (χ4n) is 2.20. The van der Waals surface area contributed by atoms with E-state index in [0.717, 1.165) is 5.56 Å². The molecule has 0 saturated heterocycles. The molecule has 4 atom stereocenters. The van der Waals surface area contributed by atoms with Crippen molar-refractivity contribution in [1.29, 1.82) is 0 Å². The van der Waals surface area contributed by atoms with Crippen LogP contribution in [0.15, 0.2) is 30.3 Å². The SMILES string of the molecule is C[C@H](OCc1ccccc1)C(=O)O[C@@H](C)C(=O)O[C@@H](C)C(=O)O[C@H](C)C(=O)OC(C)(C)C. The summed E-state index contributed by atoms with van der Waals surface area (Å²) in [5, 5.41) is 0. The summed E-state index contributed by atoms with van der Waals surface area (Å²) in [6.07, 6.45) is -4.69. The maximum absolute atomic E-state index is 12.2. The van der Waals surface area contributed by atoms with Gasteiger partial charge in [-0.05, 0) is 54.0 Å². The molecule has 0 saturated carbocycles. The maximum atomic E-state index is 12.2. The molecule has 0 aliphatic rings. The lowest BCUT2D eigenvalue weighted by molar-refractivity contribution is -0.186. The van der Waals surface area contributed by atoms with E-state index in [-0.39, 0.29) is 6.61 Å². The van der Waals surface area contributed by atoms with Crippen LogP contribution in [-0.4, -0.2) is 53.9 Å². The first-order valence-corrected chi connectivity index (χ1v) is 10.3. The normalized spacial score (nSPS) is 15.0. The van der Waals surface area contributed by atoms with Gasteiger partial charge in [0.1, 0.15) is 5.60 Å². The van der Waals surface area contributed by atoms with Gasteiger partial charge in [-0.3, -0.25) is 0 Å². The number of benzene rings is 1. The van der Waals surface area contributed by atoms with E-state index >= 15 is 0 Å². The van der Waals surface area contributed by atoms with Crippen LogP contribution in [0.2, 0.25) is 0 Å². The number of carbonyl (C=O) groups excluding carboxylic acids is 4. The lowest BCUT2D eigenvalue weighted by atomic mass is 10.2. The third-order valence-corrected chi connectivity index (χ3v) is 3.96. The predicted molar refractivity (Wildman–Crippen MR) is 113 cm³/mol. The molecule has 9 heteroatoms. The molecule has 178 valence electrons. The predicted octanol–water partition coefficient (Wildman–Crippen LogP) is 2.73. The molecular formula is C23H32O9. The van der Waals surface area contributed by atoms with Crippen molar-refractivity contribution >= 4 is 23.9 Å². The molecule has 0 N–H and O–H groups in total. The number of hydrogen-bond donors (Lipinski definition) is 0. The summed E-state index contributed by atoms with van der Waals surface area (Å²) in [6.45, 7) is 10.7. The second-order valence-corrected chi connectivity index (χ2v) is 8.21. The minimum Gasteiger partial charge on any atom is -0.457 e. The zero-order chi connectivity index (χ0) is 24.5. The molecule has 0 heterocycles. The molecule has 0 spiro atoms. The summed E-state index contributed by atoms with van der Waals surface area (Å²) in [5.74, 6) is -3.35. The average molecular weight is 453 g/mol. The van der Waals surface area contributed by atoms with E-state index in [4.69, 9.17) is 23.7 Å². The number of ether oxygens (including phenoxy) is 5. The van der Waals surface area contributed by atoms with E-state index in [9.17, 15) is 19.2 Å². The topological polar surface area (TPSA) is 114 Å². The Morgan fingerprint density at radius 3 is 1.53 bits per heavy atom. The van der Waals surface area contributed by atoms with E-state index in [1.165, 1.54) is 27.7 Å². The largest absolute Gasteiger partial charge is 0.457 e. The Morgan fingerprint density at radius 2 is 1.09 bits per heavy atom. The van der Waals surface area contributed by atoms with Gasteiger partial charge in [-0.15, -0.1) is 0 Å². The van der Waals surface area contributed by atoms with Gasteiger partial charge in [0.15, 0.2) is 24.4 Å². The summed E-state index contributed by atoms with van der Waals surface area (Å²) < 4.78 is 25.6. The third kappa shape index (κ3) is 9.91. The monoisotopic (exact) mass is 452 g/mol. The van der Waals surface area contributed by atoms with Gasteiger partial charge in [0.05, 0.1) is 6.61 Å². The highest BCUT2D eigenvalue weighted by atomic mass is 16.6. The van der Waals surface area contributed by atoms with Crippen LogP contribution in [0.25, 0.3) is 0 Å². The molecule has 9 nitrogen and oxygen atoms in total. The number of esters is 4. The third-order valence-electron chi connectivity index (χ3n) is 3.96. The van der Waals surface area contributed by atoms with E-state index in [2.05, 4.69) is 0 Å². The minimum absolute atomic E-state index is 0.203. The smallest absolute Gasteiger partial charge is 0.347 e. The first kappa shape index (κ1) is 27.1. The van der Waals surface area contributed by atoms with Gasteiger partial charge < -0.3 is 23.7 Å². The molecule has 0 aliphatic carbocycles. The number of carbonyl (C=O) groups is 4. The lowest BCUT2D eigenvalue weighted by Gasteiger charge is -2.23. The molecule has 32 heavy (non-hydrogen) atoms. The Balaban J connectivity index is 2.46. The summed E-state index contributed by atoms with van der Waals surface area (Å²) >= 11 is 0. The van der Waals surface area contributed by atoms with Crippen LogP contribution in [-0.2, 0) is 49.5 Å². The van der Waals surface area contributed by atoms with Crippen molar-refractivity contribution in [3.05, 3.63) is 35.9 Å². The Morgan fingerprint density at radius 1 is 0.688 bits per heavy atom. The van der Waals surface area contributed by atoms with Crippen molar-refractivity contribution in [2.75, 3.05) is 0 Å². The fraction of sp³-hybridized carbons (Fsp3) is 0.565. The van der Waals surface area contributed by atoms with Crippen LogP contribution >= 0.6 is 0 Å². The molecule has 0 bridgehead atoms. The fourth-order valence-corrected chi connectivity index (χ4v) is 2.20. The zero-order valence-electron chi connectivity index (χ0n) is 19.6. The van der Waals surface area contributed by atoms with Crippen LogP contribution in [0.1, 0.15) is 54.0 Å². The molecular weight excluding hydrogens is 420 g/mol. The highest BCUT2D eigenvalue weighted by molar-refractivity contribution is 5.85. The summed E-state index contributed by atoms with van der Waals surface area (Å²) in [7, 11) is 0. The van der Waals surface area contributed by atoms with Gasteiger partial charge in [-0.25, -0.2) is 19.2 Å². The highest BCUT2D eigenvalue weighted by Crippen LogP contribution is 2.11. The van der Waals surface area contributed by atoms with Crippen molar-refractivity contribution in [1.82, 2.24) is 0 Å². The standard InChI is InChI=1S/C23H32O9/c1-14(28-13-18-11-9-8-10-12-18)19(24)29-15(2)20(25)30-16(3)21(26)31-17(4)22(27)32-23(5,6)7/h8-12,14-17H,13H2,1-7H3/t14-,15-,16-,17+/m0/s1. The van der Waals surface area contributed by atoms with Crippen LogP contribution < -0.4 is 0 Å². The summed E-state index contributed by atoms with van der Waals surface area (Å²) in [4.78, 5) is 48.3. The molecule has 1 aromatic rings. The second kappa shape index (κ2) is 12.2. The Kier molecular flexibility index (Phi) is 10.3. The Labute approximate surface area is 188 Å². The first-order chi connectivity index (χ1) is 14.8. The van der Waals surface area contributed by atoms with Gasteiger partial charge in [0.2, 0.25) is 0 Å². The van der Waals surface area contributed by atoms with Gasteiger partial charge in [0, 0.05) is 0 Å². The van der Waals surface area contributed by atoms with Crippen molar-refractivity contribution in [3.8, 4) is 0 Å². The highest BCUT2D eigenvalue weighted by Gasteiger charge is 2.30. The van der Waals surface area contributed by atoms with Gasteiger partial charge in [-0.1, -0.05) is 30.3 Å². The van der Waals surface area contributed by atoms with E-state index in [1.807, 2.05) is 30.3 Å². The van der Waals surface area contributed by atoms with Crippen molar-refractivity contribution in [3.63, 3.8) is 0 Å². The lowest BCUT2D eigenvalue weighted by Crippen LogP contribution is -2.38. The molecule has 1 rings (SSSR count). The van der Waals surface area contributed by atoms with Gasteiger partial charge in [-0.2, -0.15) is 0 Å². The molecule has 0 unspecified atom stereocenters. The number of rotatable bonds is 10. The molecule has 0 aromatic heterocycles. The Bertz CT molecular complexity index is 782. The number of hydrogen-bond acceptors (Lipinski definition) is 9. The molecule has 0 aliphatic heterocycles. The Hall–Kier alpha value is -2.94. The van der Waals surface area contributed by atoms with Gasteiger partial charge >= 0.3 is 23.9 Å². The zero-order valence-corrected chi connectivity index (χ0v) is 19.6. The summed E-state index contributed by atoms with van der Waals surface area (Å²) in [5.41, 5.74) is 0.143. The van der Waals surface area contributed by atoms with E-state index in [1.54, 1.807) is 20.8 Å². The first-order valence-electron chi connectivity index (χ1n) is 10.3.